The lowest BCUT2D eigenvalue weighted by atomic mass is 9.91. The maximum Gasteiger partial charge on any atom is 0.306 e. The summed E-state index contributed by atoms with van der Waals surface area (Å²) < 4.78 is 74.5. The standard InChI is InChI=1S/C53H55Cl2N5O14S2/c1-75(67,68)36-16-30(22-56-26-36)28-71-50-32(6-3-7-34(61)20-48(63)64)18-44(54)52(59-50)73-46-14-12-40-38(8-4-10-42(40)46)39-9-5-11-43-41(39)13-15-47(43)74-53-45(55)19-33(24-58-25-35(62)21-49(65)66)51(60-53)72-29-31-17-37(27-57-23-31)76(2,69)70/h4-5,8-11,16-19,22-23,26-27,34-35,46-47,58,61-62H,3,6-7,12-15,20-21,24-25,28-29H2,1-2H3,(H,63,64)(H,65,66)/t34-,35+,46+,47+/m1/s1. The zero-order valence-electron chi connectivity index (χ0n) is 41.3. The molecule has 0 saturated heterocycles. The molecule has 4 atom stereocenters. The Bertz CT molecular complexity index is 3150. The highest BCUT2D eigenvalue weighted by atomic mass is 35.5. The van der Waals surface area contributed by atoms with Crippen LogP contribution in [0.4, 0.5) is 0 Å². The van der Waals surface area contributed by atoms with E-state index in [0.717, 1.165) is 45.9 Å². The highest BCUT2D eigenvalue weighted by Crippen LogP contribution is 2.46. The summed E-state index contributed by atoms with van der Waals surface area (Å²) in [7, 11) is -7.09. The Morgan fingerprint density at radius 1 is 0.671 bits per heavy atom. The number of aliphatic hydroxyl groups excluding tert-OH is 2. The van der Waals surface area contributed by atoms with E-state index in [4.69, 9.17) is 62.3 Å². The molecule has 2 aliphatic rings. The number of aliphatic hydroxyl groups is 2. The van der Waals surface area contributed by atoms with Crippen molar-refractivity contribution in [1.29, 1.82) is 0 Å². The lowest BCUT2D eigenvalue weighted by Crippen LogP contribution is -2.28. The second kappa shape index (κ2) is 24.3. The number of nitrogens with one attached hydrogen (secondary N) is 1. The van der Waals surface area contributed by atoms with Crippen molar-refractivity contribution in [3.05, 3.63) is 140 Å². The van der Waals surface area contributed by atoms with Crippen LogP contribution in [0.15, 0.2) is 95.2 Å². The van der Waals surface area contributed by atoms with Crippen molar-refractivity contribution in [3.63, 3.8) is 0 Å². The van der Waals surface area contributed by atoms with Crippen molar-refractivity contribution in [2.24, 2.45) is 0 Å². The molecule has 23 heteroatoms. The lowest BCUT2D eigenvalue weighted by Gasteiger charge is -2.20. The van der Waals surface area contributed by atoms with Crippen molar-refractivity contribution < 1.29 is 65.8 Å². The number of nitrogens with zero attached hydrogens (tertiary/aromatic N) is 4. The van der Waals surface area contributed by atoms with Gasteiger partial charge in [-0.25, -0.2) is 16.8 Å². The van der Waals surface area contributed by atoms with Crippen LogP contribution in [-0.2, 0) is 68.3 Å². The topological polar surface area (TPSA) is 284 Å². The van der Waals surface area contributed by atoms with Crippen molar-refractivity contribution >= 4 is 54.8 Å². The number of fused-ring (bicyclic) bond motifs is 2. The number of ether oxygens (including phenoxy) is 4. The molecule has 19 nitrogen and oxygen atoms in total. The average Bonchev–Trinajstić information content (AvgIpc) is 3.98. The van der Waals surface area contributed by atoms with E-state index in [-0.39, 0.29) is 76.1 Å². The fourth-order valence-corrected chi connectivity index (χ4v) is 10.9. The van der Waals surface area contributed by atoms with Crippen LogP contribution in [0.2, 0.25) is 10.0 Å². The zero-order chi connectivity index (χ0) is 54.3. The number of hydrogen-bond acceptors (Lipinski definition) is 17. The SMILES string of the molecule is CS(=O)(=O)c1cncc(COc2nc(O[C@H]3CCc4c(-c5cccc6c5CC[C@@H]6Oc5nc(OCc6cncc(S(C)(=O)=O)c6)c(CNC[C@@H](O)CC(=O)O)cc5Cl)cccc43)c(Cl)cc2CCC[C@@H](O)CC(=O)O)c1. The lowest BCUT2D eigenvalue weighted by molar-refractivity contribution is -0.140. The molecular weight excluding hydrogens is 1070 g/mol. The first-order valence-corrected chi connectivity index (χ1v) is 28.7. The van der Waals surface area contributed by atoms with Gasteiger partial charge in [0.15, 0.2) is 19.7 Å². The molecule has 6 aromatic rings. The smallest absolute Gasteiger partial charge is 0.306 e. The summed E-state index contributed by atoms with van der Waals surface area (Å²) in [6, 6.07) is 18.3. The highest BCUT2D eigenvalue weighted by molar-refractivity contribution is 7.91. The van der Waals surface area contributed by atoms with Crippen molar-refractivity contribution in [2.45, 2.75) is 112 Å². The van der Waals surface area contributed by atoms with Crippen molar-refractivity contribution in [3.8, 4) is 34.6 Å². The molecule has 2 aliphatic carbocycles. The van der Waals surface area contributed by atoms with Crippen LogP contribution >= 0.6 is 23.2 Å². The van der Waals surface area contributed by atoms with Gasteiger partial charge < -0.3 is 44.7 Å². The second-order valence-electron chi connectivity index (χ2n) is 18.7. The predicted molar refractivity (Wildman–Crippen MR) is 278 cm³/mol. The first kappa shape index (κ1) is 55.8. The molecule has 0 spiro atoms. The number of aryl methyl sites for hydroxylation is 1. The molecule has 0 bridgehead atoms. The molecule has 76 heavy (non-hydrogen) atoms. The number of carboxylic acid groups (broad SMARTS) is 2. The van der Waals surface area contributed by atoms with Crippen LogP contribution in [0.1, 0.15) is 95.2 Å². The number of pyridine rings is 4. The third-order valence-electron chi connectivity index (χ3n) is 12.8. The maximum atomic E-state index is 12.2. The molecule has 0 radical (unpaired) electrons. The van der Waals surface area contributed by atoms with Gasteiger partial charge in [-0.1, -0.05) is 59.6 Å². The third kappa shape index (κ3) is 14.1. The molecule has 4 aromatic heterocycles. The molecule has 402 valence electrons. The van der Waals surface area contributed by atoms with E-state index in [0.29, 0.717) is 60.8 Å². The highest BCUT2D eigenvalue weighted by Gasteiger charge is 2.32. The Hall–Kier alpha value is -6.46. The van der Waals surface area contributed by atoms with Gasteiger partial charge >= 0.3 is 11.9 Å². The molecule has 0 unspecified atom stereocenters. The van der Waals surface area contributed by atoms with E-state index in [2.05, 4.69) is 27.4 Å². The van der Waals surface area contributed by atoms with E-state index in [1.54, 1.807) is 12.1 Å². The van der Waals surface area contributed by atoms with E-state index >= 15 is 0 Å². The van der Waals surface area contributed by atoms with Gasteiger partial charge in [-0.2, -0.15) is 9.97 Å². The second-order valence-corrected chi connectivity index (χ2v) is 23.6. The summed E-state index contributed by atoms with van der Waals surface area (Å²) in [5.41, 5.74) is 8.13. The zero-order valence-corrected chi connectivity index (χ0v) is 44.5. The summed E-state index contributed by atoms with van der Waals surface area (Å²) in [4.78, 5) is 39.9. The van der Waals surface area contributed by atoms with E-state index in [9.17, 15) is 36.6 Å². The van der Waals surface area contributed by atoms with Crippen LogP contribution < -0.4 is 24.3 Å². The van der Waals surface area contributed by atoms with Crippen LogP contribution in [-0.4, -0.2) is 100 Å². The normalized spacial score (nSPS) is 15.9. The fraction of sp³-hybridized carbons (Fsp3) is 0.358. The van der Waals surface area contributed by atoms with Gasteiger partial charge in [0.1, 0.15) is 35.5 Å². The number of halogens is 2. The molecule has 0 aliphatic heterocycles. The molecule has 8 rings (SSSR count). The Morgan fingerprint density at radius 2 is 1.14 bits per heavy atom. The molecule has 2 aromatic carbocycles. The van der Waals surface area contributed by atoms with Gasteiger partial charge in [0.05, 0.1) is 34.8 Å². The van der Waals surface area contributed by atoms with Gasteiger partial charge in [-0.05, 0) is 103 Å². The number of aliphatic carboxylic acids is 2. The minimum absolute atomic E-state index is 0.0196. The van der Waals surface area contributed by atoms with Gasteiger partial charge in [0.25, 0.3) is 0 Å². The van der Waals surface area contributed by atoms with Crippen molar-refractivity contribution in [1.82, 2.24) is 25.3 Å². The van der Waals surface area contributed by atoms with Gasteiger partial charge in [0.2, 0.25) is 23.5 Å². The van der Waals surface area contributed by atoms with E-state index in [1.807, 2.05) is 24.3 Å². The van der Waals surface area contributed by atoms with E-state index in [1.165, 1.54) is 36.9 Å². The number of rotatable bonds is 25. The summed E-state index contributed by atoms with van der Waals surface area (Å²) in [5, 5.41) is 42.0. The molecule has 4 heterocycles. The van der Waals surface area contributed by atoms with E-state index < -0.39 is 68.9 Å². The molecular formula is C53H55Cl2N5O14S2. The molecule has 0 fully saturated rings. The Kier molecular flexibility index (Phi) is 17.8. The van der Waals surface area contributed by atoms with Gasteiger partial charge in [0, 0.05) is 72.6 Å². The number of hydrogen-bond donors (Lipinski definition) is 5. The molecule has 0 amide bonds. The van der Waals surface area contributed by atoms with Crippen LogP contribution in [0.3, 0.4) is 0 Å². The van der Waals surface area contributed by atoms with Crippen LogP contribution in [0.5, 0.6) is 23.5 Å². The quantitative estimate of drug-likeness (QED) is 0.0373. The monoisotopic (exact) mass is 1120 g/mol. The number of sulfone groups is 2. The van der Waals surface area contributed by atoms with Gasteiger partial charge in [-0.3, -0.25) is 19.6 Å². The largest absolute Gasteiger partial charge is 0.481 e. The Labute approximate surface area is 449 Å². The number of carboxylic acids is 2. The predicted octanol–water partition coefficient (Wildman–Crippen LogP) is 7.42. The maximum absolute atomic E-state index is 12.2. The minimum Gasteiger partial charge on any atom is -0.481 e. The molecule has 0 saturated carbocycles. The number of benzene rings is 2. The fourth-order valence-electron chi connectivity index (χ4n) is 9.23. The number of aromatic nitrogens is 4. The summed E-state index contributed by atoms with van der Waals surface area (Å²) >= 11 is 13.7. The first-order chi connectivity index (χ1) is 36.2. The molecule has 5 N–H and O–H groups in total. The van der Waals surface area contributed by atoms with Crippen LogP contribution in [0.25, 0.3) is 11.1 Å². The minimum atomic E-state index is -3.55. The van der Waals surface area contributed by atoms with Gasteiger partial charge in [-0.15, -0.1) is 0 Å². The summed E-state index contributed by atoms with van der Waals surface area (Å²) in [6.07, 6.45) is 7.19. The van der Waals surface area contributed by atoms with Crippen molar-refractivity contribution in [2.75, 3.05) is 19.1 Å². The third-order valence-corrected chi connectivity index (χ3v) is 15.5. The summed E-state index contributed by atoms with van der Waals surface area (Å²) in [5.74, 6) is -1.75. The average molecular weight is 1120 g/mol. The van der Waals surface area contributed by atoms with Crippen LogP contribution in [0, 0.1) is 0 Å². The number of carbonyl (C=O) groups is 2. The Balaban J connectivity index is 1.02. The Morgan fingerprint density at radius 3 is 1.63 bits per heavy atom. The first-order valence-electron chi connectivity index (χ1n) is 24.2. The summed E-state index contributed by atoms with van der Waals surface area (Å²) in [6.45, 7) is -0.147.